The Balaban J connectivity index is 1.36. The number of pyridine rings is 1. The summed E-state index contributed by atoms with van der Waals surface area (Å²) in [7, 11) is 1.51. The van der Waals surface area contributed by atoms with Gasteiger partial charge in [0, 0.05) is 31.4 Å². The molecule has 0 radical (unpaired) electrons. The normalized spacial score (nSPS) is 20.0. The van der Waals surface area contributed by atoms with Crippen LogP contribution >= 0.6 is 11.6 Å². The van der Waals surface area contributed by atoms with E-state index in [-0.39, 0.29) is 29.3 Å². The summed E-state index contributed by atoms with van der Waals surface area (Å²) in [6.07, 6.45) is -2.42. The van der Waals surface area contributed by atoms with Gasteiger partial charge in [0.15, 0.2) is 0 Å². The SMILES string of the molecule is COc1cccc(N2C(=O)CC(NC3CCN(c4ncc(C(F)(F)F)cc4Cl)CC3)C2=O)c1. The fourth-order valence-corrected chi connectivity index (χ4v) is 4.43. The van der Waals surface area contributed by atoms with E-state index in [2.05, 4.69) is 10.3 Å². The molecule has 0 aliphatic carbocycles. The number of rotatable bonds is 5. The zero-order chi connectivity index (χ0) is 23.8. The molecule has 3 heterocycles. The van der Waals surface area contributed by atoms with Crippen LogP contribution in [0.15, 0.2) is 36.5 Å². The van der Waals surface area contributed by atoms with Gasteiger partial charge >= 0.3 is 6.18 Å². The van der Waals surface area contributed by atoms with Crippen LogP contribution in [-0.4, -0.2) is 49.1 Å². The zero-order valence-corrected chi connectivity index (χ0v) is 18.5. The van der Waals surface area contributed by atoms with E-state index in [4.69, 9.17) is 16.3 Å². The minimum atomic E-state index is -4.50. The van der Waals surface area contributed by atoms with E-state index in [0.717, 1.165) is 12.3 Å². The predicted molar refractivity (Wildman–Crippen MR) is 117 cm³/mol. The molecule has 176 valence electrons. The minimum Gasteiger partial charge on any atom is -0.497 e. The third-order valence-electron chi connectivity index (χ3n) is 5.84. The van der Waals surface area contributed by atoms with E-state index in [1.54, 1.807) is 24.3 Å². The molecule has 0 spiro atoms. The average Bonchev–Trinajstić information content (AvgIpc) is 3.06. The van der Waals surface area contributed by atoms with Crippen LogP contribution in [0.25, 0.3) is 0 Å². The van der Waals surface area contributed by atoms with Gasteiger partial charge in [0.2, 0.25) is 5.91 Å². The van der Waals surface area contributed by atoms with Crippen LogP contribution in [-0.2, 0) is 15.8 Å². The first-order valence-corrected chi connectivity index (χ1v) is 10.8. The first-order valence-electron chi connectivity index (χ1n) is 10.4. The number of carbonyl (C=O) groups excluding carboxylic acids is 2. The lowest BCUT2D eigenvalue weighted by Gasteiger charge is -2.34. The third kappa shape index (κ3) is 4.91. The quantitative estimate of drug-likeness (QED) is 0.656. The number of nitrogens with zero attached hydrogens (tertiary/aromatic N) is 3. The van der Waals surface area contributed by atoms with Crippen molar-refractivity contribution in [2.45, 2.75) is 37.5 Å². The van der Waals surface area contributed by atoms with Gasteiger partial charge in [0.1, 0.15) is 11.6 Å². The Morgan fingerprint density at radius 2 is 1.91 bits per heavy atom. The molecule has 1 atom stereocenters. The predicted octanol–water partition coefficient (Wildman–Crippen LogP) is 3.65. The molecule has 1 aromatic carbocycles. The molecule has 1 aromatic heterocycles. The second-order valence-corrected chi connectivity index (χ2v) is 8.39. The van der Waals surface area contributed by atoms with Crippen LogP contribution in [0.1, 0.15) is 24.8 Å². The summed E-state index contributed by atoms with van der Waals surface area (Å²) in [5, 5.41) is 3.22. The van der Waals surface area contributed by atoms with Gasteiger partial charge in [0.05, 0.1) is 35.8 Å². The molecule has 2 aliphatic heterocycles. The summed E-state index contributed by atoms with van der Waals surface area (Å²) in [6.45, 7) is 1.01. The number of carbonyl (C=O) groups is 2. The molecular formula is C22H22ClF3N4O3. The van der Waals surface area contributed by atoms with E-state index in [1.165, 1.54) is 12.0 Å². The van der Waals surface area contributed by atoms with Crippen LogP contribution < -0.4 is 19.9 Å². The molecule has 2 saturated heterocycles. The molecule has 1 unspecified atom stereocenters. The maximum absolute atomic E-state index is 12.9. The number of anilines is 2. The van der Waals surface area contributed by atoms with Gasteiger partial charge in [-0.2, -0.15) is 13.2 Å². The molecule has 1 N–H and O–H groups in total. The molecule has 7 nitrogen and oxygen atoms in total. The van der Waals surface area contributed by atoms with E-state index in [0.29, 0.717) is 43.2 Å². The lowest BCUT2D eigenvalue weighted by atomic mass is 10.0. The summed E-state index contributed by atoms with van der Waals surface area (Å²) in [5.74, 6) is 0.249. The van der Waals surface area contributed by atoms with Crippen molar-refractivity contribution in [2.24, 2.45) is 0 Å². The van der Waals surface area contributed by atoms with Crippen LogP contribution in [0.4, 0.5) is 24.7 Å². The second-order valence-electron chi connectivity index (χ2n) is 7.98. The Bertz CT molecular complexity index is 1060. The number of nitrogens with one attached hydrogen (secondary N) is 1. The van der Waals surface area contributed by atoms with Crippen LogP contribution in [0.5, 0.6) is 5.75 Å². The van der Waals surface area contributed by atoms with Crippen LogP contribution in [0.3, 0.4) is 0 Å². The summed E-state index contributed by atoms with van der Waals surface area (Å²) in [4.78, 5) is 32.3. The van der Waals surface area contributed by atoms with Crippen molar-refractivity contribution in [3.63, 3.8) is 0 Å². The Kier molecular flexibility index (Phi) is 6.49. The highest BCUT2D eigenvalue weighted by atomic mass is 35.5. The molecule has 2 aromatic rings. The Morgan fingerprint density at radius 3 is 2.55 bits per heavy atom. The summed E-state index contributed by atoms with van der Waals surface area (Å²) in [5.41, 5.74) is -0.427. The Morgan fingerprint density at radius 1 is 1.18 bits per heavy atom. The van der Waals surface area contributed by atoms with Crippen molar-refractivity contribution in [3.8, 4) is 5.75 Å². The number of aromatic nitrogens is 1. The standard InChI is InChI=1S/C22H22ClF3N4O3/c1-33-16-4-2-3-15(10-16)30-19(31)11-18(21(30)32)28-14-5-7-29(8-6-14)20-17(23)9-13(12-27-20)22(24,25)26/h2-4,9-10,12,14,18,28H,5-8,11H2,1H3. The number of ether oxygens (including phenoxy) is 1. The van der Waals surface area contributed by atoms with E-state index in [1.807, 2.05) is 4.90 Å². The van der Waals surface area contributed by atoms with E-state index >= 15 is 0 Å². The molecule has 2 aliphatic rings. The van der Waals surface area contributed by atoms with Gasteiger partial charge in [0.25, 0.3) is 5.91 Å². The maximum Gasteiger partial charge on any atom is 0.417 e. The molecule has 11 heteroatoms. The number of hydrogen-bond acceptors (Lipinski definition) is 6. The molecule has 0 saturated carbocycles. The van der Waals surface area contributed by atoms with E-state index in [9.17, 15) is 22.8 Å². The van der Waals surface area contributed by atoms with E-state index < -0.39 is 17.8 Å². The number of halogens is 4. The molecule has 2 amide bonds. The van der Waals surface area contributed by atoms with Crippen molar-refractivity contribution in [1.82, 2.24) is 10.3 Å². The van der Waals surface area contributed by atoms with Gasteiger partial charge in [-0.3, -0.25) is 9.59 Å². The van der Waals surface area contributed by atoms with Gasteiger partial charge in [-0.25, -0.2) is 9.88 Å². The van der Waals surface area contributed by atoms with Crippen LogP contribution in [0, 0.1) is 0 Å². The van der Waals surface area contributed by atoms with Gasteiger partial charge in [-0.1, -0.05) is 17.7 Å². The van der Waals surface area contributed by atoms with Crippen molar-refractivity contribution < 1.29 is 27.5 Å². The fourth-order valence-electron chi connectivity index (χ4n) is 4.14. The number of imide groups is 1. The second kappa shape index (κ2) is 9.18. The van der Waals surface area contributed by atoms with Crippen molar-refractivity contribution in [1.29, 1.82) is 0 Å². The third-order valence-corrected chi connectivity index (χ3v) is 6.12. The summed E-state index contributed by atoms with van der Waals surface area (Å²) in [6, 6.07) is 6.98. The number of benzene rings is 1. The lowest BCUT2D eigenvalue weighted by Crippen LogP contribution is -2.49. The minimum absolute atomic E-state index is 0.0264. The Labute approximate surface area is 193 Å². The first kappa shape index (κ1) is 23.3. The van der Waals surface area contributed by atoms with Gasteiger partial charge in [-0.15, -0.1) is 0 Å². The summed E-state index contributed by atoms with van der Waals surface area (Å²) < 4.78 is 43.7. The number of piperidine rings is 1. The smallest absolute Gasteiger partial charge is 0.417 e. The highest BCUT2D eigenvalue weighted by Crippen LogP contribution is 2.34. The molecule has 4 rings (SSSR count). The van der Waals surface area contributed by atoms with Crippen molar-refractivity contribution in [3.05, 3.63) is 47.1 Å². The molecule has 2 fully saturated rings. The lowest BCUT2D eigenvalue weighted by molar-refractivity contribution is -0.137. The zero-order valence-electron chi connectivity index (χ0n) is 17.7. The topological polar surface area (TPSA) is 74.8 Å². The Hall–Kier alpha value is -2.85. The monoisotopic (exact) mass is 482 g/mol. The molecular weight excluding hydrogens is 461 g/mol. The number of hydrogen-bond donors (Lipinski definition) is 1. The summed E-state index contributed by atoms with van der Waals surface area (Å²) >= 11 is 6.06. The fraction of sp³-hybridized carbons (Fsp3) is 0.409. The maximum atomic E-state index is 12.9. The molecule has 0 bridgehead atoms. The highest BCUT2D eigenvalue weighted by Gasteiger charge is 2.41. The van der Waals surface area contributed by atoms with Gasteiger partial charge in [-0.05, 0) is 31.0 Å². The highest BCUT2D eigenvalue weighted by molar-refractivity contribution is 6.33. The first-order chi connectivity index (χ1) is 15.7. The largest absolute Gasteiger partial charge is 0.497 e. The van der Waals surface area contributed by atoms with Crippen molar-refractivity contribution >= 4 is 34.9 Å². The molecule has 33 heavy (non-hydrogen) atoms. The number of alkyl halides is 3. The van der Waals surface area contributed by atoms with Crippen LogP contribution in [0.2, 0.25) is 5.02 Å². The van der Waals surface area contributed by atoms with Gasteiger partial charge < -0.3 is 15.0 Å². The average molecular weight is 483 g/mol. The number of methoxy groups -OCH3 is 1. The number of amides is 2. The van der Waals surface area contributed by atoms with Crippen molar-refractivity contribution in [2.75, 3.05) is 30.0 Å².